The number of carbonyl (C=O) groups excluding carboxylic acids is 1. The first kappa shape index (κ1) is 16.8. The summed E-state index contributed by atoms with van der Waals surface area (Å²) in [6.07, 6.45) is 4.44. The SMILES string of the molecule is CCSC1CCC(NC(=O)C(N)CCS(C)(=O)=O)C1. The van der Waals surface area contributed by atoms with Gasteiger partial charge in [-0.1, -0.05) is 6.92 Å². The van der Waals surface area contributed by atoms with Gasteiger partial charge in [0.1, 0.15) is 9.84 Å². The number of rotatable bonds is 7. The number of nitrogens with one attached hydrogen (secondary N) is 1. The minimum absolute atomic E-state index is 0.0411. The van der Waals surface area contributed by atoms with Crippen LogP contribution in [0.3, 0.4) is 0 Å². The Morgan fingerprint density at radius 1 is 1.47 bits per heavy atom. The third kappa shape index (κ3) is 6.63. The van der Waals surface area contributed by atoms with Crippen LogP contribution in [0, 0.1) is 0 Å². The van der Waals surface area contributed by atoms with Crippen LogP contribution < -0.4 is 11.1 Å². The Morgan fingerprint density at radius 3 is 2.74 bits per heavy atom. The molecule has 0 aromatic heterocycles. The van der Waals surface area contributed by atoms with Gasteiger partial charge in [0.25, 0.3) is 0 Å². The van der Waals surface area contributed by atoms with Gasteiger partial charge in [0, 0.05) is 17.5 Å². The molecule has 0 aliphatic heterocycles. The molecule has 1 saturated carbocycles. The molecular formula is C12H24N2O3S2. The second-order valence-corrected chi connectivity index (χ2v) is 8.96. The van der Waals surface area contributed by atoms with Crippen LogP contribution in [-0.4, -0.2) is 49.4 Å². The van der Waals surface area contributed by atoms with Gasteiger partial charge in [-0.25, -0.2) is 8.42 Å². The molecule has 0 spiro atoms. The first-order chi connectivity index (χ1) is 8.81. The average Bonchev–Trinajstić information content (AvgIpc) is 2.73. The van der Waals surface area contributed by atoms with Gasteiger partial charge < -0.3 is 11.1 Å². The summed E-state index contributed by atoms with van der Waals surface area (Å²) in [5, 5.41) is 3.56. The Kier molecular flexibility index (Phi) is 6.62. The van der Waals surface area contributed by atoms with Gasteiger partial charge >= 0.3 is 0 Å². The molecule has 3 atom stereocenters. The topological polar surface area (TPSA) is 89.3 Å². The number of sulfone groups is 1. The van der Waals surface area contributed by atoms with E-state index in [4.69, 9.17) is 5.73 Å². The Morgan fingerprint density at radius 2 is 2.16 bits per heavy atom. The molecule has 112 valence electrons. The number of hydrogen-bond acceptors (Lipinski definition) is 5. The lowest BCUT2D eigenvalue weighted by Gasteiger charge is -2.16. The van der Waals surface area contributed by atoms with E-state index in [1.807, 2.05) is 11.8 Å². The predicted molar refractivity (Wildman–Crippen MR) is 80.0 cm³/mol. The number of nitrogens with two attached hydrogens (primary N) is 1. The molecule has 5 nitrogen and oxygen atoms in total. The summed E-state index contributed by atoms with van der Waals surface area (Å²) in [6.45, 7) is 2.14. The number of carbonyl (C=O) groups is 1. The van der Waals surface area contributed by atoms with E-state index in [2.05, 4.69) is 12.2 Å². The van der Waals surface area contributed by atoms with Gasteiger partial charge in [0.15, 0.2) is 0 Å². The number of amides is 1. The predicted octanol–water partition coefficient (Wildman–Crippen LogP) is 0.539. The molecule has 0 aromatic carbocycles. The van der Waals surface area contributed by atoms with Gasteiger partial charge in [-0.15, -0.1) is 0 Å². The quantitative estimate of drug-likeness (QED) is 0.716. The fraction of sp³-hybridized carbons (Fsp3) is 0.917. The van der Waals surface area contributed by atoms with Crippen LogP contribution in [0.15, 0.2) is 0 Å². The van der Waals surface area contributed by atoms with Crippen LogP contribution >= 0.6 is 11.8 Å². The number of hydrogen-bond donors (Lipinski definition) is 2. The zero-order valence-electron chi connectivity index (χ0n) is 11.6. The Bertz CT molecular complexity index is 398. The first-order valence-corrected chi connectivity index (χ1v) is 9.78. The minimum Gasteiger partial charge on any atom is -0.352 e. The van der Waals surface area contributed by atoms with Crippen LogP contribution in [0.1, 0.15) is 32.6 Å². The highest BCUT2D eigenvalue weighted by molar-refractivity contribution is 7.99. The van der Waals surface area contributed by atoms with Crippen molar-refractivity contribution in [2.45, 2.75) is 49.9 Å². The monoisotopic (exact) mass is 308 g/mol. The fourth-order valence-corrected chi connectivity index (χ4v) is 4.06. The second kappa shape index (κ2) is 7.50. The van der Waals surface area contributed by atoms with Crippen LogP contribution in [0.25, 0.3) is 0 Å². The molecule has 0 radical (unpaired) electrons. The molecule has 1 amide bonds. The summed E-state index contributed by atoms with van der Waals surface area (Å²) in [7, 11) is -3.06. The largest absolute Gasteiger partial charge is 0.352 e. The van der Waals surface area contributed by atoms with Gasteiger partial charge in [0.05, 0.1) is 11.8 Å². The van der Waals surface area contributed by atoms with Crippen molar-refractivity contribution in [3.63, 3.8) is 0 Å². The van der Waals surface area contributed by atoms with Gasteiger partial charge in [-0.05, 0) is 31.4 Å². The van der Waals surface area contributed by atoms with Crippen molar-refractivity contribution >= 4 is 27.5 Å². The van der Waals surface area contributed by atoms with Crippen LogP contribution in [0.2, 0.25) is 0 Å². The van der Waals surface area contributed by atoms with Crippen molar-refractivity contribution in [1.29, 1.82) is 0 Å². The van der Waals surface area contributed by atoms with E-state index in [-0.39, 0.29) is 24.1 Å². The lowest BCUT2D eigenvalue weighted by Crippen LogP contribution is -2.45. The molecule has 1 fully saturated rings. The standard InChI is InChI=1S/C12H24N2O3S2/c1-3-18-10-5-4-9(8-10)14-12(15)11(13)6-7-19(2,16)17/h9-11H,3-8,13H2,1-2H3,(H,14,15). The van der Waals surface area contributed by atoms with Crippen molar-refractivity contribution in [3.8, 4) is 0 Å². The highest BCUT2D eigenvalue weighted by Crippen LogP contribution is 2.29. The van der Waals surface area contributed by atoms with E-state index in [1.165, 1.54) is 0 Å². The summed E-state index contributed by atoms with van der Waals surface area (Å²) in [5.74, 6) is 0.829. The molecule has 19 heavy (non-hydrogen) atoms. The highest BCUT2D eigenvalue weighted by atomic mass is 32.2. The van der Waals surface area contributed by atoms with E-state index in [1.54, 1.807) is 0 Å². The molecule has 1 aliphatic rings. The zero-order valence-corrected chi connectivity index (χ0v) is 13.2. The van der Waals surface area contributed by atoms with Crippen molar-refractivity contribution in [2.75, 3.05) is 17.8 Å². The lowest BCUT2D eigenvalue weighted by atomic mass is 10.2. The maximum Gasteiger partial charge on any atom is 0.237 e. The van der Waals surface area contributed by atoms with E-state index in [0.29, 0.717) is 5.25 Å². The van der Waals surface area contributed by atoms with E-state index in [9.17, 15) is 13.2 Å². The molecule has 0 bridgehead atoms. The molecular weight excluding hydrogens is 284 g/mol. The normalized spacial score (nSPS) is 25.2. The Balaban J connectivity index is 2.31. The molecule has 1 rings (SSSR count). The molecule has 0 aromatic rings. The molecule has 7 heteroatoms. The van der Waals surface area contributed by atoms with Gasteiger partial charge in [-0.2, -0.15) is 11.8 Å². The Hall–Kier alpha value is -0.270. The van der Waals surface area contributed by atoms with Gasteiger partial charge in [0.2, 0.25) is 5.91 Å². The molecule has 0 saturated heterocycles. The van der Waals surface area contributed by atoms with Crippen LogP contribution in [0.4, 0.5) is 0 Å². The molecule has 3 N–H and O–H groups in total. The van der Waals surface area contributed by atoms with Crippen molar-refractivity contribution in [2.24, 2.45) is 5.73 Å². The van der Waals surface area contributed by atoms with Crippen molar-refractivity contribution in [1.82, 2.24) is 5.32 Å². The smallest absolute Gasteiger partial charge is 0.237 e. The third-order valence-electron chi connectivity index (χ3n) is 3.27. The maximum absolute atomic E-state index is 11.8. The van der Waals surface area contributed by atoms with Gasteiger partial charge in [-0.3, -0.25) is 4.79 Å². The highest BCUT2D eigenvalue weighted by Gasteiger charge is 2.27. The lowest BCUT2D eigenvalue weighted by molar-refractivity contribution is -0.123. The summed E-state index contributed by atoms with van der Waals surface area (Å²) >= 11 is 1.93. The zero-order chi connectivity index (χ0) is 14.5. The third-order valence-corrected chi connectivity index (χ3v) is 5.48. The summed E-state index contributed by atoms with van der Waals surface area (Å²) in [4.78, 5) is 11.8. The number of thioether (sulfide) groups is 1. The maximum atomic E-state index is 11.8. The summed E-state index contributed by atoms with van der Waals surface area (Å²) in [6, 6.07) is -0.534. The van der Waals surface area contributed by atoms with Crippen LogP contribution in [0.5, 0.6) is 0 Å². The average molecular weight is 308 g/mol. The first-order valence-electron chi connectivity index (χ1n) is 6.67. The molecule has 0 heterocycles. The van der Waals surface area contributed by atoms with E-state index < -0.39 is 15.9 Å². The fourth-order valence-electron chi connectivity index (χ4n) is 2.24. The van der Waals surface area contributed by atoms with E-state index in [0.717, 1.165) is 31.3 Å². The molecule has 1 aliphatic carbocycles. The Labute approximate surface area is 120 Å². The second-order valence-electron chi connectivity index (χ2n) is 5.12. The summed E-state index contributed by atoms with van der Waals surface area (Å²) < 4.78 is 22.1. The van der Waals surface area contributed by atoms with E-state index >= 15 is 0 Å². The van der Waals surface area contributed by atoms with Crippen LogP contribution in [-0.2, 0) is 14.6 Å². The van der Waals surface area contributed by atoms with Crippen molar-refractivity contribution < 1.29 is 13.2 Å². The minimum atomic E-state index is -3.06. The molecule has 3 unspecified atom stereocenters. The summed E-state index contributed by atoms with van der Waals surface area (Å²) in [5.41, 5.74) is 5.71. The van der Waals surface area contributed by atoms with Crippen molar-refractivity contribution in [3.05, 3.63) is 0 Å².